The van der Waals surface area contributed by atoms with Crippen molar-refractivity contribution in [2.75, 3.05) is 0 Å². The van der Waals surface area contributed by atoms with Crippen LogP contribution >= 0.6 is 11.3 Å². The van der Waals surface area contributed by atoms with Crippen LogP contribution in [-0.2, 0) is 6.54 Å². The van der Waals surface area contributed by atoms with Crippen LogP contribution in [0.25, 0.3) is 0 Å². The van der Waals surface area contributed by atoms with E-state index in [9.17, 15) is 9.59 Å². The molecule has 0 atom stereocenters. The Morgan fingerprint density at radius 3 is 2.77 bits per heavy atom. The molecule has 116 valence electrons. The molecule has 1 fully saturated rings. The number of hydrogen-bond acceptors (Lipinski definition) is 4. The van der Waals surface area contributed by atoms with Gasteiger partial charge < -0.3 is 15.1 Å². The summed E-state index contributed by atoms with van der Waals surface area (Å²) in [7, 11) is 0. The lowest BCUT2D eigenvalue weighted by Gasteiger charge is -2.12. The molecule has 1 aliphatic carbocycles. The summed E-state index contributed by atoms with van der Waals surface area (Å²) in [6.07, 6.45) is 5.99. The molecule has 6 heteroatoms. The predicted octanol–water partition coefficient (Wildman–Crippen LogP) is 3.31. The van der Waals surface area contributed by atoms with Gasteiger partial charge in [-0.2, -0.15) is 0 Å². The Bertz CT molecular complexity index is 642. The van der Waals surface area contributed by atoms with Crippen LogP contribution in [0.4, 0.5) is 4.79 Å². The van der Waals surface area contributed by atoms with Crippen molar-refractivity contribution in [2.45, 2.75) is 38.3 Å². The minimum atomic E-state index is -0.140. The van der Waals surface area contributed by atoms with E-state index in [1.807, 2.05) is 6.07 Å². The first kappa shape index (κ1) is 14.8. The predicted molar refractivity (Wildman–Crippen MR) is 84.1 cm³/mol. The third kappa shape index (κ3) is 3.57. The van der Waals surface area contributed by atoms with Gasteiger partial charge in [0.15, 0.2) is 5.76 Å². The summed E-state index contributed by atoms with van der Waals surface area (Å²) in [5, 5.41) is 5.81. The van der Waals surface area contributed by atoms with E-state index in [1.54, 1.807) is 18.2 Å². The number of carbonyl (C=O) groups excluding carboxylic acids is 2. The molecule has 0 aromatic carbocycles. The summed E-state index contributed by atoms with van der Waals surface area (Å²) >= 11 is 1.37. The molecule has 0 radical (unpaired) electrons. The Morgan fingerprint density at radius 1 is 1.23 bits per heavy atom. The zero-order valence-electron chi connectivity index (χ0n) is 12.1. The molecule has 2 heterocycles. The fourth-order valence-corrected chi connectivity index (χ4v) is 3.49. The lowest BCUT2D eigenvalue weighted by atomic mass is 10.2. The standard InChI is InChI=1S/C16H18N2O3S/c19-15(13-6-3-9-21-13)14-8-7-12(22-14)10-17-16(20)18-11-4-1-2-5-11/h3,6-9,11H,1-2,4-5,10H2,(H2,17,18,20). The van der Waals surface area contributed by atoms with Crippen LogP contribution in [0, 0.1) is 0 Å². The molecule has 5 nitrogen and oxygen atoms in total. The second-order valence-corrected chi connectivity index (χ2v) is 6.55. The number of carbonyl (C=O) groups is 2. The highest BCUT2D eigenvalue weighted by molar-refractivity contribution is 7.14. The molecular formula is C16H18N2O3S. The molecule has 0 aliphatic heterocycles. The Balaban J connectivity index is 1.51. The van der Waals surface area contributed by atoms with E-state index < -0.39 is 0 Å². The molecule has 2 aromatic heterocycles. The average molecular weight is 318 g/mol. The monoisotopic (exact) mass is 318 g/mol. The van der Waals surface area contributed by atoms with Gasteiger partial charge in [-0.3, -0.25) is 4.79 Å². The highest BCUT2D eigenvalue weighted by Gasteiger charge is 2.17. The molecule has 2 amide bonds. The summed E-state index contributed by atoms with van der Waals surface area (Å²) in [5.41, 5.74) is 0. The van der Waals surface area contributed by atoms with Gasteiger partial charge >= 0.3 is 6.03 Å². The molecule has 1 saturated carbocycles. The van der Waals surface area contributed by atoms with E-state index in [1.165, 1.54) is 30.4 Å². The van der Waals surface area contributed by atoms with Crippen LogP contribution in [-0.4, -0.2) is 17.9 Å². The van der Waals surface area contributed by atoms with Crippen LogP contribution in [0.3, 0.4) is 0 Å². The zero-order valence-corrected chi connectivity index (χ0v) is 12.9. The second kappa shape index (κ2) is 6.79. The fraction of sp³-hybridized carbons (Fsp3) is 0.375. The molecule has 0 spiro atoms. The average Bonchev–Trinajstić information content (AvgIpc) is 3.26. The summed E-state index contributed by atoms with van der Waals surface area (Å²) < 4.78 is 5.11. The maximum Gasteiger partial charge on any atom is 0.315 e. The number of furan rings is 1. The summed E-state index contributed by atoms with van der Waals surface area (Å²) in [6.45, 7) is 0.425. The van der Waals surface area contributed by atoms with Crippen LogP contribution < -0.4 is 10.6 Å². The van der Waals surface area contributed by atoms with E-state index in [2.05, 4.69) is 10.6 Å². The summed E-state index contributed by atoms with van der Waals surface area (Å²) in [4.78, 5) is 25.5. The van der Waals surface area contributed by atoms with Gasteiger partial charge in [0, 0.05) is 10.9 Å². The molecule has 2 aromatic rings. The normalized spacial score (nSPS) is 14.9. The lowest BCUT2D eigenvalue weighted by Crippen LogP contribution is -2.40. The number of urea groups is 1. The van der Waals surface area contributed by atoms with Crippen molar-refractivity contribution in [1.82, 2.24) is 10.6 Å². The first-order valence-electron chi connectivity index (χ1n) is 7.43. The lowest BCUT2D eigenvalue weighted by molar-refractivity contribution is 0.101. The van der Waals surface area contributed by atoms with Crippen molar-refractivity contribution >= 4 is 23.2 Å². The van der Waals surface area contributed by atoms with Gasteiger partial charge in [0.2, 0.25) is 5.78 Å². The van der Waals surface area contributed by atoms with E-state index >= 15 is 0 Å². The number of ketones is 1. The second-order valence-electron chi connectivity index (χ2n) is 5.38. The highest BCUT2D eigenvalue weighted by Crippen LogP contribution is 2.20. The third-order valence-electron chi connectivity index (χ3n) is 3.74. The molecule has 0 bridgehead atoms. The van der Waals surface area contributed by atoms with Crippen molar-refractivity contribution in [2.24, 2.45) is 0 Å². The van der Waals surface area contributed by atoms with Crippen LogP contribution in [0.1, 0.15) is 46.0 Å². The topological polar surface area (TPSA) is 71.3 Å². The van der Waals surface area contributed by atoms with Crippen molar-refractivity contribution in [3.63, 3.8) is 0 Å². The number of rotatable bonds is 5. The van der Waals surface area contributed by atoms with Crippen molar-refractivity contribution in [1.29, 1.82) is 0 Å². The number of amides is 2. The smallest absolute Gasteiger partial charge is 0.315 e. The van der Waals surface area contributed by atoms with Gasteiger partial charge in [-0.1, -0.05) is 12.8 Å². The van der Waals surface area contributed by atoms with E-state index in [-0.39, 0.29) is 11.8 Å². The third-order valence-corrected chi connectivity index (χ3v) is 4.83. The molecule has 3 rings (SSSR count). The Kier molecular flexibility index (Phi) is 4.58. The molecule has 0 unspecified atom stereocenters. The van der Waals surface area contributed by atoms with E-state index in [0.717, 1.165) is 17.7 Å². The molecule has 22 heavy (non-hydrogen) atoms. The highest BCUT2D eigenvalue weighted by atomic mass is 32.1. The number of thiophene rings is 1. The minimum absolute atomic E-state index is 0.128. The molecule has 1 aliphatic rings. The van der Waals surface area contributed by atoms with Crippen molar-refractivity contribution in [3.8, 4) is 0 Å². The molecule has 2 N–H and O–H groups in total. The van der Waals surface area contributed by atoms with E-state index in [4.69, 9.17) is 4.42 Å². The van der Waals surface area contributed by atoms with Gasteiger partial charge in [0.1, 0.15) is 0 Å². The fourth-order valence-electron chi connectivity index (χ4n) is 2.60. The Hall–Kier alpha value is -2.08. The van der Waals surface area contributed by atoms with Gasteiger partial charge in [-0.15, -0.1) is 11.3 Å². The Labute approximate surface area is 132 Å². The van der Waals surface area contributed by atoms with Gasteiger partial charge in [-0.05, 0) is 37.1 Å². The Morgan fingerprint density at radius 2 is 2.05 bits per heavy atom. The summed E-state index contributed by atoms with van der Waals surface area (Å²) in [6, 6.07) is 7.13. The first-order chi connectivity index (χ1) is 10.7. The first-order valence-corrected chi connectivity index (χ1v) is 8.25. The maximum atomic E-state index is 12.1. The minimum Gasteiger partial charge on any atom is -0.461 e. The van der Waals surface area contributed by atoms with Gasteiger partial charge in [-0.25, -0.2) is 4.79 Å². The largest absolute Gasteiger partial charge is 0.461 e. The van der Waals surface area contributed by atoms with Gasteiger partial charge in [0.25, 0.3) is 0 Å². The van der Waals surface area contributed by atoms with E-state index in [0.29, 0.717) is 23.2 Å². The van der Waals surface area contributed by atoms with Crippen LogP contribution in [0.5, 0.6) is 0 Å². The number of nitrogens with one attached hydrogen (secondary N) is 2. The van der Waals surface area contributed by atoms with Crippen molar-refractivity contribution in [3.05, 3.63) is 46.0 Å². The van der Waals surface area contributed by atoms with Crippen LogP contribution in [0.2, 0.25) is 0 Å². The van der Waals surface area contributed by atoms with Crippen molar-refractivity contribution < 1.29 is 14.0 Å². The molecular weight excluding hydrogens is 300 g/mol. The number of hydrogen-bond donors (Lipinski definition) is 2. The quantitative estimate of drug-likeness (QED) is 0.831. The summed E-state index contributed by atoms with van der Waals surface area (Å²) in [5.74, 6) is 0.206. The SMILES string of the molecule is O=C(NCc1ccc(C(=O)c2ccco2)s1)NC1CCCC1. The maximum absolute atomic E-state index is 12.1. The molecule has 0 saturated heterocycles. The van der Waals surface area contributed by atoms with Gasteiger partial charge in [0.05, 0.1) is 17.7 Å². The zero-order chi connectivity index (χ0) is 15.4. The van der Waals surface area contributed by atoms with Crippen LogP contribution in [0.15, 0.2) is 34.9 Å².